The van der Waals surface area contributed by atoms with Crippen LogP contribution in [0, 0.1) is 5.92 Å². The third kappa shape index (κ3) is 2.13. The van der Waals surface area contributed by atoms with Crippen LogP contribution in [0.15, 0.2) is 22.7 Å². The lowest BCUT2D eigenvalue weighted by Crippen LogP contribution is -2.38. The van der Waals surface area contributed by atoms with Gasteiger partial charge in [0.1, 0.15) is 0 Å². The Hall–Kier alpha value is -1.07. The number of hydrogen-bond donors (Lipinski definition) is 1. The Morgan fingerprint density at radius 2 is 2.10 bits per heavy atom. The molecule has 0 aliphatic carbocycles. The van der Waals surface area contributed by atoms with E-state index < -0.39 is 11.9 Å². The molecule has 106 valence electrons. The van der Waals surface area contributed by atoms with Gasteiger partial charge in [-0.1, -0.05) is 27.5 Å². The average molecular weight is 359 g/mol. The van der Waals surface area contributed by atoms with E-state index in [2.05, 4.69) is 15.9 Å². The second-order valence-corrected chi connectivity index (χ2v) is 6.64. The van der Waals surface area contributed by atoms with E-state index in [1.165, 1.54) is 0 Å². The molecule has 2 aliphatic rings. The topological polar surface area (TPSA) is 57.6 Å². The maximum Gasteiger partial charge on any atom is 0.308 e. The smallest absolute Gasteiger partial charge is 0.308 e. The highest BCUT2D eigenvalue weighted by atomic mass is 79.9. The molecule has 3 atom stereocenters. The lowest BCUT2D eigenvalue weighted by Gasteiger charge is -2.23. The number of aliphatic carboxylic acids is 1. The summed E-state index contributed by atoms with van der Waals surface area (Å²) in [7, 11) is 0. The Morgan fingerprint density at radius 3 is 2.70 bits per heavy atom. The third-order valence-corrected chi connectivity index (χ3v) is 5.06. The molecule has 1 N–H and O–H groups in total. The van der Waals surface area contributed by atoms with E-state index in [0.717, 1.165) is 17.3 Å². The molecule has 0 radical (unpaired) electrons. The summed E-state index contributed by atoms with van der Waals surface area (Å²) in [5, 5.41) is 9.62. The quantitative estimate of drug-likeness (QED) is 0.883. The van der Waals surface area contributed by atoms with Crippen molar-refractivity contribution in [3.05, 3.63) is 33.3 Å². The van der Waals surface area contributed by atoms with Crippen molar-refractivity contribution in [3.8, 4) is 0 Å². The van der Waals surface area contributed by atoms with Crippen molar-refractivity contribution in [2.75, 3.05) is 0 Å². The van der Waals surface area contributed by atoms with Crippen molar-refractivity contribution in [1.82, 2.24) is 4.90 Å². The second kappa shape index (κ2) is 5.04. The predicted octanol–water partition coefficient (Wildman–Crippen LogP) is 3.18. The lowest BCUT2D eigenvalue weighted by atomic mass is 9.89. The molecule has 0 spiro atoms. The summed E-state index contributed by atoms with van der Waals surface area (Å²) in [5.41, 5.74) is 0.442. The van der Waals surface area contributed by atoms with Crippen molar-refractivity contribution < 1.29 is 14.7 Å². The molecular formula is C14H13BrClNO3. The summed E-state index contributed by atoms with van der Waals surface area (Å²) in [6, 6.07) is 4.98. The fourth-order valence-corrected chi connectivity index (χ4v) is 4.13. The van der Waals surface area contributed by atoms with E-state index in [9.17, 15) is 14.7 Å². The summed E-state index contributed by atoms with van der Waals surface area (Å²) < 4.78 is 0.812. The minimum atomic E-state index is -0.808. The first-order valence-electron chi connectivity index (χ1n) is 6.49. The van der Waals surface area contributed by atoms with Gasteiger partial charge < -0.3 is 10.0 Å². The Bertz CT molecular complexity index is 592. The van der Waals surface area contributed by atoms with Gasteiger partial charge in [0.2, 0.25) is 0 Å². The number of amides is 1. The fraction of sp³-hybridized carbons (Fsp3) is 0.429. The minimum Gasteiger partial charge on any atom is -0.481 e. The molecule has 2 saturated heterocycles. The van der Waals surface area contributed by atoms with Crippen molar-refractivity contribution >= 4 is 39.4 Å². The molecule has 3 rings (SSSR count). The van der Waals surface area contributed by atoms with Gasteiger partial charge in [0.05, 0.1) is 16.5 Å². The number of carbonyl (C=O) groups is 2. The zero-order valence-corrected chi connectivity index (χ0v) is 12.9. The molecular weight excluding hydrogens is 346 g/mol. The minimum absolute atomic E-state index is 0.0355. The summed E-state index contributed by atoms with van der Waals surface area (Å²) in [4.78, 5) is 25.6. The maximum atomic E-state index is 12.6. The molecule has 3 unspecified atom stereocenters. The molecule has 20 heavy (non-hydrogen) atoms. The van der Waals surface area contributed by atoms with Crippen LogP contribution in [0.4, 0.5) is 0 Å². The zero-order chi connectivity index (χ0) is 14.4. The highest BCUT2D eigenvalue weighted by molar-refractivity contribution is 9.10. The number of carbonyl (C=O) groups excluding carboxylic acids is 1. The Labute approximate surface area is 129 Å². The molecule has 2 aliphatic heterocycles. The number of halogens is 2. The molecule has 6 heteroatoms. The third-order valence-electron chi connectivity index (χ3n) is 4.25. The van der Waals surface area contributed by atoms with Crippen LogP contribution in [0.25, 0.3) is 0 Å². The molecule has 0 saturated carbocycles. The van der Waals surface area contributed by atoms with Crippen LogP contribution in [0.3, 0.4) is 0 Å². The summed E-state index contributed by atoms with van der Waals surface area (Å²) in [5.74, 6) is -1.40. The van der Waals surface area contributed by atoms with Crippen LogP contribution in [0.5, 0.6) is 0 Å². The van der Waals surface area contributed by atoms with E-state index in [4.69, 9.17) is 11.6 Å². The van der Waals surface area contributed by atoms with Gasteiger partial charge in [0.15, 0.2) is 0 Å². The number of benzene rings is 1. The highest BCUT2D eigenvalue weighted by Gasteiger charge is 2.51. The van der Waals surface area contributed by atoms with Crippen molar-refractivity contribution in [2.45, 2.75) is 31.3 Å². The first-order chi connectivity index (χ1) is 9.49. The summed E-state index contributed by atoms with van der Waals surface area (Å²) in [6.07, 6.45) is 2.20. The predicted molar refractivity (Wildman–Crippen MR) is 77.9 cm³/mol. The van der Waals surface area contributed by atoms with Gasteiger partial charge in [0, 0.05) is 16.6 Å². The van der Waals surface area contributed by atoms with Crippen LogP contribution >= 0.6 is 27.5 Å². The standard InChI is InChI=1S/C14H13BrClNO3/c15-7-1-3-9(11(16)5-7)13(18)17-8-2-4-12(17)10(6-8)14(19)20/h1,3,5,8,10,12H,2,4,6H2,(H,19,20). The Balaban J connectivity index is 1.90. The highest BCUT2D eigenvalue weighted by Crippen LogP contribution is 2.43. The Kier molecular flexibility index (Phi) is 3.50. The van der Waals surface area contributed by atoms with Crippen molar-refractivity contribution in [2.24, 2.45) is 5.92 Å². The van der Waals surface area contributed by atoms with Crippen LogP contribution in [0.2, 0.25) is 5.02 Å². The monoisotopic (exact) mass is 357 g/mol. The van der Waals surface area contributed by atoms with Gasteiger partial charge in [0.25, 0.3) is 5.91 Å². The molecule has 0 aromatic heterocycles. The number of carboxylic acids is 1. The van der Waals surface area contributed by atoms with Crippen LogP contribution in [0.1, 0.15) is 29.6 Å². The second-order valence-electron chi connectivity index (χ2n) is 5.32. The maximum absolute atomic E-state index is 12.6. The molecule has 2 fully saturated rings. The van der Waals surface area contributed by atoms with Crippen molar-refractivity contribution in [3.63, 3.8) is 0 Å². The van der Waals surface area contributed by atoms with E-state index in [-0.39, 0.29) is 18.0 Å². The normalized spacial score (nSPS) is 27.9. The van der Waals surface area contributed by atoms with Crippen molar-refractivity contribution in [1.29, 1.82) is 0 Å². The molecule has 2 bridgehead atoms. The Morgan fingerprint density at radius 1 is 1.35 bits per heavy atom. The lowest BCUT2D eigenvalue weighted by molar-refractivity contribution is -0.142. The van der Waals surface area contributed by atoms with Gasteiger partial charge in [-0.25, -0.2) is 0 Å². The van der Waals surface area contributed by atoms with Gasteiger partial charge >= 0.3 is 5.97 Å². The zero-order valence-electron chi connectivity index (χ0n) is 10.6. The number of nitrogens with zero attached hydrogens (tertiary/aromatic N) is 1. The number of hydrogen-bond acceptors (Lipinski definition) is 2. The van der Waals surface area contributed by atoms with E-state index in [1.54, 1.807) is 23.1 Å². The van der Waals surface area contributed by atoms with Gasteiger partial charge in [-0.3, -0.25) is 9.59 Å². The first kappa shape index (κ1) is 13.9. The summed E-state index contributed by atoms with van der Waals surface area (Å²) >= 11 is 9.43. The number of rotatable bonds is 2. The number of fused-ring (bicyclic) bond motifs is 2. The molecule has 4 nitrogen and oxygen atoms in total. The van der Waals surface area contributed by atoms with E-state index in [1.807, 2.05) is 0 Å². The summed E-state index contributed by atoms with van der Waals surface area (Å²) in [6.45, 7) is 0. The van der Waals surface area contributed by atoms with Crippen LogP contribution in [-0.2, 0) is 4.79 Å². The average Bonchev–Trinajstić information content (AvgIpc) is 2.95. The van der Waals surface area contributed by atoms with Gasteiger partial charge in [-0.05, 0) is 37.5 Å². The van der Waals surface area contributed by atoms with Crippen LogP contribution < -0.4 is 0 Å². The molecule has 2 heterocycles. The largest absolute Gasteiger partial charge is 0.481 e. The number of carboxylic acid groups (broad SMARTS) is 1. The van der Waals surface area contributed by atoms with Gasteiger partial charge in [-0.15, -0.1) is 0 Å². The fourth-order valence-electron chi connectivity index (χ4n) is 3.37. The van der Waals surface area contributed by atoms with Gasteiger partial charge in [-0.2, -0.15) is 0 Å². The molecule has 1 aromatic carbocycles. The van der Waals surface area contributed by atoms with E-state index >= 15 is 0 Å². The molecule has 1 aromatic rings. The van der Waals surface area contributed by atoms with E-state index in [0.29, 0.717) is 17.0 Å². The van der Waals surface area contributed by atoms with Crippen LogP contribution in [-0.4, -0.2) is 34.0 Å². The molecule has 1 amide bonds. The first-order valence-corrected chi connectivity index (χ1v) is 7.66. The SMILES string of the molecule is O=C(O)C1CC2CCC1N2C(=O)c1ccc(Br)cc1Cl.